The van der Waals surface area contributed by atoms with Crippen LogP contribution in [-0.2, 0) is 0 Å². The first-order valence-electron chi connectivity index (χ1n) is 7.95. The molecule has 0 unspecified atom stereocenters. The van der Waals surface area contributed by atoms with E-state index in [1.807, 2.05) is 0 Å². The highest BCUT2D eigenvalue weighted by molar-refractivity contribution is 6.13. The summed E-state index contributed by atoms with van der Waals surface area (Å²) < 4.78 is 0. The molecule has 1 amide bonds. The minimum Gasteiger partial charge on any atom is -0.465 e. The molecule has 0 aliphatic rings. The monoisotopic (exact) mass is 339 g/mol. The molecule has 0 spiro atoms. The van der Waals surface area contributed by atoms with E-state index >= 15 is 0 Å². The van der Waals surface area contributed by atoms with Gasteiger partial charge in [0.15, 0.2) is 11.6 Å². The molecule has 1 N–H and O–H groups in total. The first-order chi connectivity index (χ1) is 11.7. The Bertz CT molecular complexity index is 774. The zero-order valence-electron chi connectivity index (χ0n) is 14.5. The number of amides is 1. The van der Waals surface area contributed by atoms with E-state index in [4.69, 9.17) is 0 Å². The van der Waals surface area contributed by atoms with Gasteiger partial charge in [0.1, 0.15) is 0 Å². The van der Waals surface area contributed by atoms with Crippen molar-refractivity contribution >= 4 is 23.3 Å². The first kappa shape index (κ1) is 18.4. The van der Waals surface area contributed by atoms with Gasteiger partial charge in [0.25, 0.3) is 0 Å². The average Bonchev–Trinajstić information content (AvgIpc) is 2.54. The Morgan fingerprint density at radius 3 is 1.76 bits per heavy atom. The summed E-state index contributed by atoms with van der Waals surface area (Å²) in [5, 5.41) is 9.40. The lowest BCUT2D eigenvalue weighted by atomic mass is 10.0. The average molecular weight is 339 g/mol. The maximum Gasteiger partial charge on any atom is 0.412 e. The Morgan fingerprint density at radius 1 is 0.840 bits per heavy atom. The molecule has 2 aromatic carbocycles. The summed E-state index contributed by atoms with van der Waals surface area (Å²) in [6.07, 6.45) is -1.28. The van der Waals surface area contributed by atoms with Crippen LogP contribution in [0.3, 0.4) is 0 Å². The van der Waals surface area contributed by atoms with E-state index in [0.29, 0.717) is 16.8 Å². The number of benzene rings is 2. The third-order valence-electron chi connectivity index (χ3n) is 3.73. The van der Waals surface area contributed by atoms with Gasteiger partial charge in [0.05, 0.1) is 6.42 Å². The fourth-order valence-corrected chi connectivity index (χ4v) is 2.56. The fourth-order valence-electron chi connectivity index (χ4n) is 2.56. The van der Waals surface area contributed by atoms with Crippen molar-refractivity contribution in [2.45, 2.75) is 32.7 Å². The lowest BCUT2D eigenvalue weighted by Gasteiger charge is -2.33. The zero-order valence-corrected chi connectivity index (χ0v) is 14.5. The fraction of sp³-hybridized carbons (Fsp3) is 0.250. The van der Waals surface area contributed by atoms with Crippen molar-refractivity contribution in [2.75, 3.05) is 4.90 Å². The van der Waals surface area contributed by atoms with Gasteiger partial charge in [-0.1, -0.05) is 30.3 Å². The van der Waals surface area contributed by atoms with Crippen LogP contribution in [0.15, 0.2) is 54.6 Å². The lowest BCUT2D eigenvalue weighted by Crippen LogP contribution is -2.45. The molecule has 0 heterocycles. The van der Waals surface area contributed by atoms with Crippen LogP contribution in [-0.4, -0.2) is 28.3 Å². The third-order valence-corrected chi connectivity index (χ3v) is 3.73. The summed E-state index contributed by atoms with van der Waals surface area (Å²) in [5.74, 6) is -0.533. The summed E-state index contributed by atoms with van der Waals surface area (Å²) in [4.78, 5) is 37.1. The number of nitrogens with zero attached hydrogens (tertiary/aromatic N) is 1. The molecule has 0 aliphatic carbocycles. The quantitative estimate of drug-likeness (QED) is 0.646. The highest BCUT2D eigenvalue weighted by Gasteiger charge is 2.27. The number of Topliss-reactive ketones (excluding diaryl/α,β-unsaturated/α-hetero) is 2. The number of hydrogen-bond donors (Lipinski definition) is 1. The molecule has 0 radical (unpaired) electrons. The van der Waals surface area contributed by atoms with Gasteiger partial charge in [0.2, 0.25) is 0 Å². The molecule has 5 heteroatoms. The van der Waals surface area contributed by atoms with E-state index in [2.05, 4.69) is 0 Å². The second kappa shape index (κ2) is 7.30. The topological polar surface area (TPSA) is 74.7 Å². The standard InChI is InChI=1S/C20H21NO4/c1-20(2,3)21(19(24)25)16-11-9-15(10-12-16)18(23)13-17(22)14-7-5-4-6-8-14/h4-12H,13H2,1-3H3,(H,24,25). The van der Waals surface area contributed by atoms with Gasteiger partial charge in [-0.15, -0.1) is 0 Å². The molecule has 130 valence electrons. The lowest BCUT2D eigenvalue weighted by molar-refractivity contribution is 0.0894. The zero-order chi connectivity index (χ0) is 18.6. The minimum atomic E-state index is -1.06. The van der Waals surface area contributed by atoms with Crippen LogP contribution >= 0.6 is 0 Å². The van der Waals surface area contributed by atoms with Crippen LogP contribution in [0, 0.1) is 0 Å². The van der Waals surface area contributed by atoms with E-state index in [1.165, 1.54) is 4.90 Å². The predicted molar refractivity (Wildman–Crippen MR) is 96.4 cm³/mol. The molecular weight excluding hydrogens is 318 g/mol. The van der Waals surface area contributed by atoms with Crippen LogP contribution in [0.2, 0.25) is 0 Å². The molecule has 0 bridgehead atoms. The Kier molecular flexibility index (Phi) is 5.37. The summed E-state index contributed by atoms with van der Waals surface area (Å²) in [6, 6.07) is 14.9. The molecule has 0 fully saturated rings. The van der Waals surface area contributed by atoms with Crippen molar-refractivity contribution in [3.05, 3.63) is 65.7 Å². The smallest absolute Gasteiger partial charge is 0.412 e. The summed E-state index contributed by atoms with van der Waals surface area (Å²) >= 11 is 0. The molecule has 25 heavy (non-hydrogen) atoms. The second-order valence-electron chi connectivity index (χ2n) is 6.72. The largest absolute Gasteiger partial charge is 0.465 e. The van der Waals surface area contributed by atoms with Gasteiger partial charge in [-0.3, -0.25) is 14.5 Å². The summed E-state index contributed by atoms with van der Waals surface area (Å²) in [5.41, 5.74) is 0.746. The van der Waals surface area contributed by atoms with Crippen molar-refractivity contribution in [1.29, 1.82) is 0 Å². The van der Waals surface area contributed by atoms with Gasteiger partial charge in [-0.25, -0.2) is 4.79 Å². The highest BCUT2D eigenvalue weighted by Crippen LogP contribution is 2.24. The normalized spacial score (nSPS) is 11.0. The van der Waals surface area contributed by atoms with Gasteiger partial charge in [0, 0.05) is 22.4 Å². The molecule has 2 aromatic rings. The number of anilines is 1. The van der Waals surface area contributed by atoms with E-state index in [0.717, 1.165) is 0 Å². The Labute approximate surface area is 146 Å². The van der Waals surface area contributed by atoms with Crippen LogP contribution in [0.1, 0.15) is 47.9 Å². The number of ketones is 2. The molecule has 0 saturated carbocycles. The summed E-state index contributed by atoms with van der Waals surface area (Å²) in [6.45, 7) is 5.37. The highest BCUT2D eigenvalue weighted by atomic mass is 16.4. The van der Waals surface area contributed by atoms with E-state index in [1.54, 1.807) is 75.4 Å². The third kappa shape index (κ3) is 4.53. The van der Waals surface area contributed by atoms with Crippen molar-refractivity contribution in [2.24, 2.45) is 0 Å². The molecule has 2 rings (SSSR count). The van der Waals surface area contributed by atoms with Gasteiger partial charge < -0.3 is 5.11 Å². The number of hydrogen-bond acceptors (Lipinski definition) is 3. The Balaban J connectivity index is 2.15. The molecule has 0 saturated heterocycles. The van der Waals surface area contributed by atoms with Gasteiger partial charge >= 0.3 is 6.09 Å². The molecule has 0 atom stereocenters. The second-order valence-corrected chi connectivity index (χ2v) is 6.72. The van der Waals surface area contributed by atoms with Crippen LogP contribution in [0.4, 0.5) is 10.5 Å². The maximum absolute atomic E-state index is 12.3. The van der Waals surface area contributed by atoms with Crippen molar-refractivity contribution in [1.82, 2.24) is 0 Å². The van der Waals surface area contributed by atoms with Crippen LogP contribution in [0.5, 0.6) is 0 Å². The van der Waals surface area contributed by atoms with Crippen LogP contribution in [0.25, 0.3) is 0 Å². The van der Waals surface area contributed by atoms with Crippen molar-refractivity contribution in [3.8, 4) is 0 Å². The molecule has 5 nitrogen and oxygen atoms in total. The Morgan fingerprint density at radius 2 is 1.32 bits per heavy atom. The van der Waals surface area contributed by atoms with E-state index in [-0.39, 0.29) is 18.0 Å². The van der Waals surface area contributed by atoms with Crippen molar-refractivity contribution < 1.29 is 19.5 Å². The van der Waals surface area contributed by atoms with Crippen molar-refractivity contribution in [3.63, 3.8) is 0 Å². The Hall–Kier alpha value is -2.95. The molecule has 0 aliphatic heterocycles. The van der Waals surface area contributed by atoms with Gasteiger partial charge in [-0.05, 0) is 45.0 Å². The maximum atomic E-state index is 12.3. The number of rotatable bonds is 5. The van der Waals surface area contributed by atoms with E-state index in [9.17, 15) is 19.5 Å². The van der Waals surface area contributed by atoms with E-state index < -0.39 is 11.6 Å². The SMILES string of the molecule is CC(C)(C)N(C(=O)O)c1ccc(C(=O)CC(=O)c2ccccc2)cc1. The molecular formula is C20H21NO4. The molecule has 0 aromatic heterocycles. The number of carbonyl (C=O) groups is 3. The first-order valence-corrected chi connectivity index (χ1v) is 7.95. The number of carbonyl (C=O) groups excluding carboxylic acids is 2. The van der Waals surface area contributed by atoms with Crippen LogP contribution < -0.4 is 4.90 Å². The number of carboxylic acid groups (broad SMARTS) is 1. The summed E-state index contributed by atoms with van der Waals surface area (Å²) in [7, 11) is 0. The predicted octanol–water partition coefficient (Wildman–Crippen LogP) is 4.43. The van der Waals surface area contributed by atoms with Gasteiger partial charge in [-0.2, -0.15) is 0 Å². The minimum absolute atomic E-state index is 0.217.